The first-order chi connectivity index (χ1) is 17.9. The van der Waals surface area contributed by atoms with Crippen molar-refractivity contribution in [2.75, 3.05) is 29.5 Å². The molecule has 0 fully saturated rings. The topological polar surface area (TPSA) is 149 Å². The summed E-state index contributed by atoms with van der Waals surface area (Å²) in [6.45, 7) is 9.70. The van der Waals surface area contributed by atoms with Crippen molar-refractivity contribution in [1.29, 1.82) is 0 Å². The Hall–Kier alpha value is -4.53. The molecule has 0 aliphatic rings. The molecule has 1 aromatic heterocycles. The van der Waals surface area contributed by atoms with Crippen LogP contribution in [0.15, 0.2) is 91.0 Å². The van der Waals surface area contributed by atoms with Gasteiger partial charge in [0.2, 0.25) is 17.8 Å². The van der Waals surface area contributed by atoms with E-state index >= 15 is 0 Å². The maximum Gasteiger partial charge on any atom is 0.229 e. The number of phenolic OH excluding ortho intramolecular Hbond substituents is 3. The van der Waals surface area contributed by atoms with E-state index in [4.69, 9.17) is 21.1 Å². The number of benzene rings is 3. The highest BCUT2D eigenvalue weighted by molar-refractivity contribution is 5.39. The van der Waals surface area contributed by atoms with E-state index in [0.29, 0.717) is 29.1 Å². The summed E-state index contributed by atoms with van der Waals surface area (Å²) in [5.41, 5.74) is 5.48. The molecule has 4 aromatic rings. The zero-order chi connectivity index (χ0) is 27.7. The second-order valence-electron chi connectivity index (χ2n) is 7.12. The molecule has 0 aliphatic carbocycles. The zero-order valence-electron chi connectivity index (χ0n) is 22.0. The number of hydrogen-bond donors (Lipinski definition) is 6. The third-order valence-electron chi connectivity index (χ3n) is 3.59. The third-order valence-corrected chi connectivity index (χ3v) is 3.59. The normalized spacial score (nSPS) is 8.31. The number of anilines is 3. The molecule has 0 aliphatic heterocycles. The molecule has 7 N–H and O–H groups in total. The van der Waals surface area contributed by atoms with Crippen molar-refractivity contribution in [3.63, 3.8) is 0 Å². The van der Waals surface area contributed by atoms with Crippen LogP contribution in [0.25, 0.3) is 0 Å². The van der Waals surface area contributed by atoms with Crippen molar-refractivity contribution in [3.05, 3.63) is 91.0 Å². The Morgan fingerprint density at radius 2 is 0.795 bits per heavy atom. The summed E-state index contributed by atoms with van der Waals surface area (Å²) in [5.74, 6) is 2.20. The highest BCUT2D eigenvalue weighted by Crippen LogP contribution is 2.06. The summed E-state index contributed by atoms with van der Waals surface area (Å²) in [7, 11) is 0. The zero-order valence-corrected chi connectivity index (χ0v) is 22.0. The highest BCUT2D eigenvalue weighted by atomic mass is 16.3. The Balaban J connectivity index is -0.000000436. The first kappa shape index (κ1) is 39.0. The fraction of sp³-hybridized carbons (Fsp3) is 0.300. The van der Waals surface area contributed by atoms with Crippen LogP contribution in [0.1, 0.15) is 49.0 Å². The van der Waals surface area contributed by atoms with Crippen LogP contribution in [0.5, 0.6) is 17.2 Å². The molecule has 0 radical (unpaired) electrons. The minimum absolute atomic E-state index is 0. The van der Waals surface area contributed by atoms with E-state index in [1.54, 1.807) is 72.8 Å². The van der Waals surface area contributed by atoms with Crippen LogP contribution in [0.3, 0.4) is 0 Å². The summed E-state index contributed by atoms with van der Waals surface area (Å²) in [4.78, 5) is 11.9. The van der Waals surface area contributed by atoms with Gasteiger partial charge in [0.1, 0.15) is 17.2 Å². The number of nitrogens with two attached hydrogens (primary N) is 1. The third kappa shape index (κ3) is 23.6. The molecule has 0 saturated heterocycles. The van der Waals surface area contributed by atoms with Gasteiger partial charge in [0.05, 0.1) is 0 Å². The van der Waals surface area contributed by atoms with Gasteiger partial charge in [0.15, 0.2) is 0 Å². The molecular formula is C30H48N6O3. The van der Waals surface area contributed by atoms with Crippen LogP contribution in [-0.2, 0) is 0 Å². The maximum absolute atomic E-state index is 8.63. The number of rotatable bonds is 4. The lowest BCUT2D eigenvalue weighted by molar-refractivity contribution is 0.475. The highest BCUT2D eigenvalue weighted by Gasteiger charge is 2.01. The van der Waals surface area contributed by atoms with Gasteiger partial charge in [-0.1, -0.05) is 89.7 Å². The first-order valence-electron chi connectivity index (χ1n) is 12.1. The smallest absolute Gasteiger partial charge is 0.229 e. The van der Waals surface area contributed by atoms with Crippen LogP contribution in [0.4, 0.5) is 17.8 Å². The fourth-order valence-corrected chi connectivity index (χ4v) is 2.15. The first-order valence-corrected chi connectivity index (χ1v) is 12.1. The molecule has 0 spiro atoms. The molecule has 39 heavy (non-hydrogen) atoms. The molecule has 9 nitrogen and oxygen atoms in total. The van der Waals surface area contributed by atoms with Gasteiger partial charge in [0, 0.05) is 13.1 Å². The lowest BCUT2D eigenvalue weighted by atomic mass is 10.3. The summed E-state index contributed by atoms with van der Waals surface area (Å²) in [5, 5.41) is 31.8. The van der Waals surface area contributed by atoms with Crippen molar-refractivity contribution in [2.45, 2.75) is 49.0 Å². The quantitative estimate of drug-likeness (QED) is 0.158. The Morgan fingerprint density at radius 3 is 0.974 bits per heavy atom. The van der Waals surface area contributed by atoms with Crippen LogP contribution < -0.4 is 16.4 Å². The minimum Gasteiger partial charge on any atom is -0.508 e. The maximum atomic E-state index is 8.63. The summed E-state index contributed by atoms with van der Waals surface area (Å²) >= 11 is 0. The van der Waals surface area contributed by atoms with E-state index in [0.717, 1.165) is 13.1 Å². The molecule has 0 atom stereocenters. The standard InChI is InChI=1S/C7H14N6.3C6H6O.C3H8.2CH4/c1-3-9-6-11-5(8)12-7(13-6)10-4-2;3*7-6-4-2-1-3-5-6;1-3-2;;/h3-4H2,1-2H3,(H4,8,9,10,11,12,13);3*1-5,7H;3H2,1-2H3;2*1H4. The number of nitrogens with zero attached hydrogens (tertiary/aromatic N) is 3. The van der Waals surface area contributed by atoms with E-state index in [2.05, 4.69) is 39.4 Å². The van der Waals surface area contributed by atoms with Crippen LogP contribution in [0, 0.1) is 0 Å². The summed E-state index contributed by atoms with van der Waals surface area (Å²) in [6.07, 6.45) is 1.25. The Bertz CT molecular complexity index is 927. The van der Waals surface area contributed by atoms with Gasteiger partial charge in [0.25, 0.3) is 0 Å². The van der Waals surface area contributed by atoms with E-state index < -0.39 is 0 Å². The van der Waals surface area contributed by atoms with Gasteiger partial charge in [-0.15, -0.1) is 0 Å². The van der Waals surface area contributed by atoms with Crippen LogP contribution in [-0.4, -0.2) is 43.4 Å². The molecule has 1 heterocycles. The lowest BCUT2D eigenvalue weighted by Crippen LogP contribution is -2.10. The van der Waals surface area contributed by atoms with Gasteiger partial charge in [-0.3, -0.25) is 0 Å². The molecule has 0 unspecified atom stereocenters. The van der Waals surface area contributed by atoms with Gasteiger partial charge in [-0.2, -0.15) is 15.0 Å². The number of phenols is 3. The second-order valence-corrected chi connectivity index (χ2v) is 7.12. The van der Waals surface area contributed by atoms with Crippen LogP contribution in [0.2, 0.25) is 0 Å². The van der Waals surface area contributed by atoms with E-state index in [-0.39, 0.29) is 20.8 Å². The van der Waals surface area contributed by atoms with Gasteiger partial charge in [-0.05, 0) is 50.2 Å². The van der Waals surface area contributed by atoms with Crippen molar-refractivity contribution >= 4 is 17.8 Å². The van der Waals surface area contributed by atoms with E-state index in [9.17, 15) is 0 Å². The largest absolute Gasteiger partial charge is 0.508 e. The predicted octanol–water partition coefficient (Wildman–Crippen LogP) is 7.18. The summed E-state index contributed by atoms with van der Waals surface area (Å²) in [6, 6.07) is 26.1. The van der Waals surface area contributed by atoms with Crippen molar-refractivity contribution in [3.8, 4) is 17.2 Å². The van der Waals surface area contributed by atoms with Crippen molar-refractivity contribution < 1.29 is 15.3 Å². The van der Waals surface area contributed by atoms with Gasteiger partial charge >= 0.3 is 0 Å². The Kier molecular flexibility index (Phi) is 26.5. The van der Waals surface area contributed by atoms with E-state index in [1.165, 1.54) is 6.42 Å². The average Bonchev–Trinajstić information content (AvgIpc) is 2.87. The number of nitrogens with one attached hydrogen (secondary N) is 2. The molecule has 0 saturated carbocycles. The van der Waals surface area contributed by atoms with Gasteiger partial charge < -0.3 is 31.7 Å². The molecule has 3 aromatic carbocycles. The molecule has 9 heteroatoms. The number of nitrogen functional groups attached to an aromatic ring is 1. The van der Waals surface area contributed by atoms with E-state index in [1.807, 2.05) is 32.0 Å². The number of aromatic hydroxyl groups is 3. The second kappa shape index (κ2) is 26.5. The number of para-hydroxylation sites is 3. The molecule has 216 valence electrons. The average molecular weight is 541 g/mol. The van der Waals surface area contributed by atoms with Crippen molar-refractivity contribution in [2.24, 2.45) is 0 Å². The molecular weight excluding hydrogens is 492 g/mol. The Labute approximate surface area is 234 Å². The number of hydrogen-bond acceptors (Lipinski definition) is 9. The SMILES string of the molecule is C.C.CCC.CCNc1nc(N)nc(NCC)n1.Oc1ccccc1.Oc1ccccc1.Oc1ccccc1. The summed E-state index contributed by atoms with van der Waals surface area (Å²) < 4.78 is 0. The predicted molar refractivity (Wildman–Crippen MR) is 166 cm³/mol. The molecule has 4 rings (SSSR count). The lowest BCUT2D eigenvalue weighted by Gasteiger charge is -2.05. The Morgan fingerprint density at radius 1 is 0.538 bits per heavy atom. The fourth-order valence-electron chi connectivity index (χ4n) is 2.15. The molecule has 0 amide bonds. The minimum atomic E-state index is 0. The van der Waals surface area contributed by atoms with Crippen LogP contribution >= 0.6 is 0 Å². The number of aromatic nitrogens is 3. The van der Waals surface area contributed by atoms with Crippen molar-refractivity contribution in [1.82, 2.24) is 15.0 Å². The van der Waals surface area contributed by atoms with Gasteiger partial charge in [-0.25, -0.2) is 0 Å². The monoisotopic (exact) mass is 540 g/mol. The molecule has 0 bridgehead atoms.